The number of nitrogens with zero attached hydrogens (tertiary/aromatic N) is 2. The van der Waals surface area contributed by atoms with E-state index in [-0.39, 0.29) is 5.82 Å². The summed E-state index contributed by atoms with van der Waals surface area (Å²) < 4.78 is 13.0. The summed E-state index contributed by atoms with van der Waals surface area (Å²) in [4.78, 5) is 5.18. The molecule has 2 heterocycles. The fourth-order valence-electron chi connectivity index (χ4n) is 1.92. The number of aromatic nitrogens is 3. The number of halogens is 1. The number of H-pyrrole nitrogens is 1. The summed E-state index contributed by atoms with van der Waals surface area (Å²) in [6.45, 7) is 1.94. The molecule has 0 radical (unpaired) electrons. The second kappa shape index (κ2) is 4.47. The summed E-state index contributed by atoms with van der Waals surface area (Å²) in [6.07, 6.45) is 1.78. The summed E-state index contributed by atoms with van der Waals surface area (Å²) in [6, 6.07) is 6.19. The van der Waals surface area contributed by atoms with Crippen LogP contribution in [0, 0.1) is 12.7 Å². The van der Waals surface area contributed by atoms with Gasteiger partial charge in [0.05, 0.1) is 21.1 Å². The Kier molecular flexibility index (Phi) is 2.79. The van der Waals surface area contributed by atoms with Crippen LogP contribution in [-0.4, -0.2) is 15.2 Å². The van der Waals surface area contributed by atoms with Crippen LogP contribution in [0.1, 0.15) is 5.01 Å². The lowest BCUT2D eigenvalue weighted by atomic mass is 10.0. The van der Waals surface area contributed by atoms with Gasteiger partial charge in [0.25, 0.3) is 0 Å². The van der Waals surface area contributed by atoms with Crippen molar-refractivity contribution in [3.63, 3.8) is 0 Å². The summed E-state index contributed by atoms with van der Waals surface area (Å²) in [5.74, 6) is 0.119. The zero-order valence-electron chi connectivity index (χ0n) is 10.1. The smallest absolute Gasteiger partial charge is 0.153 e. The summed E-state index contributed by atoms with van der Waals surface area (Å²) in [7, 11) is 0. The third kappa shape index (κ3) is 2.10. The Bertz CT molecular complexity index is 715. The fraction of sp³-hybridized carbons (Fsp3) is 0.0769. The molecule has 0 bridgehead atoms. The van der Waals surface area contributed by atoms with Crippen molar-refractivity contribution in [1.82, 2.24) is 15.2 Å². The summed E-state index contributed by atoms with van der Waals surface area (Å²) in [5.41, 5.74) is 8.33. The zero-order chi connectivity index (χ0) is 13.4. The highest BCUT2D eigenvalue weighted by Gasteiger charge is 2.16. The highest BCUT2D eigenvalue weighted by atomic mass is 32.1. The topological polar surface area (TPSA) is 67.6 Å². The van der Waals surface area contributed by atoms with Crippen molar-refractivity contribution < 1.29 is 4.39 Å². The Morgan fingerprint density at radius 3 is 2.63 bits per heavy atom. The van der Waals surface area contributed by atoms with E-state index in [9.17, 15) is 4.39 Å². The second-order valence-electron chi connectivity index (χ2n) is 4.11. The number of nitrogens with two attached hydrogens (primary N) is 1. The molecule has 2 aromatic heterocycles. The first kappa shape index (κ1) is 11.9. The number of hydrogen-bond donors (Lipinski definition) is 2. The lowest BCUT2D eigenvalue weighted by molar-refractivity contribution is 0.628. The lowest BCUT2D eigenvalue weighted by Crippen LogP contribution is -1.88. The maximum Gasteiger partial charge on any atom is 0.153 e. The molecule has 0 aliphatic rings. The molecule has 6 heteroatoms. The number of rotatable bonds is 2. The average molecular weight is 274 g/mol. The molecule has 0 unspecified atom stereocenters. The number of hydrogen-bond acceptors (Lipinski definition) is 4. The van der Waals surface area contributed by atoms with Crippen LogP contribution in [0.3, 0.4) is 0 Å². The third-order valence-electron chi connectivity index (χ3n) is 2.79. The largest absolute Gasteiger partial charge is 0.382 e. The van der Waals surface area contributed by atoms with E-state index in [1.165, 1.54) is 12.1 Å². The summed E-state index contributed by atoms with van der Waals surface area (Å²) >= 11 is 1.55. The fourth-order valence-corrected chi connectivity index (χ4v) is 2.70. The molecule has 0 amide bonds. The van der Waals surface area contributed by atoms with Crippen molar-refractivity contribution in [1.29, 1.82) is 0 Å². The molecule has 3 aromatic rings. The number of benzene rings is 1. The quantitative estimate of drug-likeness (QED) is 0.754. The van der Waals surface area contributed by atoms with Gasteiger partial charge >= 0.3 is 0 Å². The van der Waals surface area contributed by atoms with Crippen molar-refractivity contribution in [3.8, 4) is 21.7 Å². The monoisotopic (exact) mass is 274 g/mol. The Morgan fingerprint density at radius 2 is 2.00 bits per heavy atom. The number of aromatic amines is 1. The van der Waals surface area contributed by atoms with Gasteiger partial charge in [0, 0.05) is 6.20 Å². The van der Waals surface area contributed by atoms with E-state index in [0.717, 1.165) is 26.7 Å². The molecule has 0 spiro atoms. The van der Waals surface area contributed by atoms with Gasteiger partial charge in [-0.2, -0.15) is 5.10 Å². The first-order valence-electron chi connectivity index (χ1n) is 5.67. The molecule has 4 nitrogen and oxygen atoms in total. The molecule has 3 rings (SSSR count). The van der Waals surface area contributed by atoms with E-state index >= 15 is 0 Å². The minimum absolute atomic E-state index is 0.277. The van der Waals surface area contributed by atoms with E-state index in [4.69, 9.17) is 5.73 Å². The van der Waals surface area contributed by atoms with Gasteiger partial charge in [0.1, 0.15) is 5.82 Å². The SMILES string of the molecule is Cc1ncc(-c2[nH]nc(N)c2-c2ccc(F)cc2)s1. The van der Waals surface area contributed by atoms with Crippen molar-refractivity contribution in [2.75, 3.05) is 5.73 Å². The molecule has 0 saturated heterocycles. The van der Waals surface area contributed by atoms with Crippen molar-refractivity contribution in [2.45, 2.75) is 6.92 Å². The van der Waals surface area contributed by atoms with Gasteiger partial charge < -0.3 is 5.73 Å². The number of thiazole rings is 1. The molecule has 0 aliphatic heterocycles. The standard InChI is InChI=1S/C13H11FN4S/c1-7-16-6-10(19-7)12-11(13(15)18-17-12)8-2-4-9(14)5-3-8/h2-6H,1H3,(H3,15,17,18). The van der Waals surface area contributed by atoms with Gasteiger partial charge in [-0.3, -0.25) is 5.10 Å². The van der Waals surface area contributed by atoms with Gasteiger partial charge in [0.15, 0.2) is 5.82 Å². The lowest BCUT2D eigenvalue weighted by Gasteiger charge is -2.02. The maximum absolute atomic E-state index is 13.0. The molecule has 96 valence electrons. The Morgan fingerprint density at radius 1 is 1.26 bits per heavy atom. The van der Waals surface area contributed by atoms with Gasteiger partial charge in [0.2, 0.25) is 0 Å². The van der Waals surface area contributed by atoms with Crippen LogP contribution in [0.5, 0.6) is 0 Å². The highest BCUT2D eigenvalue weighted by Crippen LogP contribution is 2.36. The highest BCUT2D eigenvalue weighted by molar-refractivity contribution is 7.15. The van der Waals surface area contributed by atoms with Crippen LogP contribution in [0.15, 0.2) is 30.5 Å². The van der Waals surface area contributed by atoms with Crippen LogP contribution in [0.25, 0.3) is 21.7 Å². The van der Waals surface area contributed by atoms with Crippen LogP contribution in [0.2, 0.25) is 0 Å². The van der Waals surface area contributed by atoms with Crippen LogP contribution in [-0.2, 0) is 0 Å². The van der Waals surface area contributed by atoms with Crippen molar-refractivity contribution in [2.24, 2.45) is 0 Å². The van der Waals surface area contributed by atoms with Gasteiger partial charge in [-0.1, -0.05) is 12.1 Å². The first-order chi connectivity index (χ1) is 9.15. The Labute approximate surface area is 113 Å². The Hall–Kier alpha value is -2.21. The van der Waals surface area contributed by atoms with E-state index < -0.39 is 0 Å². The molecular weight excluding hydrogens is 263 g/mol. The number of aryl methyl sites for hydroxylation is 1. The van der Waals surface area contributed by atoms with Crippen LogP contribution in [0.4, 0.5) is 10.2 Å². The van der Waals surface area contributed by atoms with E-state index in [0.29, 0.717) is 5.82 Å². The number of anilines is 1. The van der Waals surface area contributed by atoms with E-state index in [2.05, 4.69) is 15.2 Å². The van der Waals surface area contributed by atoms with Crippen LogP contribution >= 0.6 is 11.3 Å². The summed E-state index contributed by atoms with van der Waals surface area (Å²) in [5, 5.41) is 7.92. The minimum atomic E-state index is -0.277. The molecule has 0 atom stereocenters. The average Bonchev–Trinajstić information content (AvgIpc) is 2.97. The van der Waals surface area contributed by atoms with E-state index in [1.807, 2.05) is 6.92 Å². The molecule has 3 N–H and O–H groups in total. The molecule has 0 aliphatic carbocycles. The molecule has 19 heavy (non-hydrogen) atoms. The van der Waals surface area contributed by atoms with Gasteiger partial charge in [-0.05, 0) is 24.6 Å². The van der Waals surface area contributed by atoms with Gasteiger partial charge in [-0.15, -0.1) is 11.3 Å². The molecule has 1 aromatic carbocycles. The predicted molar refractivity (Wildman–Crippen MR) is 74.2 cm³/mol. The zero-order valence-corrected chi connectivity index (χ0v) is 11.0. The third-order valence-corrected chi connectivity index (χ3v) is 3.73. The normalized spacial score (nSPS) is 10.8. The number of nitrogen functional groups attached to an aromatic ring is 1. The second-order valence-corrected chi connectivity index (χ2v) is 5.34. The van der Waals surface area contributed by atoms with Crippen molar-refractivity contribution in [3.05, 3.63) is 41.3 Å². The first-order valence-corrected chi connectivity index (χ1v) is 6.49. The molecular formula is C13H11FN4S. The predicted octanol–water partition coefficient (Wildman–Crippen LogP) is 3.23. The minimum Gasteiger partial charge on any atom is -0.382 e. The molecule has 0 saturated carbocycles. The van der Waals surface area contributed by atoms with Crippen molar-refractivity contribution >= 4 is 17.2 Å². The number of nitrogens with one attached hydrogen (secondary N) is 1. The van der Waals surface area contributed by atoms with Gasteiger partial charge in [-0.25, -0.2) is 9.37 Å². The maximum atomic E-state index is 13.0. The van der Waals surface area contributed by atoms with Crippen LogP contribution < -0.4 is 5.73 Å². The van der Waals surface area contributed by atoms with E-state index in [1.54, 1.807) is 29.7 Å². The Balaban J connectivity index is 2.16. The molecule has 0 fully saturated rings.